The molecule has 0 saturated heterocycles. The first kappa shape index (κ1) is 20.5. The van der Waals surface area contributed by atoms with Crippen LogP contribution in [0.2, 0.25) is 0 Å². The second kappa shape index (κ2) is 7.47. The minimum absolute atomic E-state index is 0.0869. The molecule has 0 aromatic heterocycles. The van der Waals surface area contributed by atoms with Crippen molar-refractivity contribution in [3.05, 3.63) is 65.0 Å². The van der Waals surface area contributed by atoms with Gasteiger partial charge in [-0.05, 0) is 43.0 Å². The largest absolute Gasteiger partial charge is 0.399 e. The molecule has 4 N–H and O–H groups in total. The van der Waals surface area contributed by atoms with Gasteiger partial charge in [0.05, 0.1) is 5.69 Å². The number of Topliss-reactive ketones (excluding diaryl/α,β-unsaturated/α-hetero) is 1. The van der Waals surface area contributed by atoms with E-state index in [4.69, 9.17) is 5.73 Å². The van der Waals surface area contributed by atoms with Crippen molar-refractivity contribution < 1.29 is 13.2 Å². The van der Waals surface area contributed by atoms with Crippen LogP contribution in [0.3, 0.4) is 0 Å². The standard InChI is InChI=1S/C23H27N3O3S/c1-3-11-23(12-4-2)14-17(21(27)16-7-5-6-8-18(16)23)22-25-19-10-9-15(24)13-20(19)30(28,29)26-22/h5-10,13,25-26H,3-4,11-12,14,24H2,1-2H3. The Hall–Kier alpha value is -2.80. The van der Waals surface area contributed by atoms with E-state index in [-0.39, 0.29) is 21.9 Å². The van der Waals surface area contributed by atoms with Crippen molar-refractivity contribution >= 4 is 27.2 Å². The fourth-order valence-corrected chi connectivity index (χ4v) is 6.15. The summed E-state index contributed by atoms with van der Waals surface area (Å²) in [7, 11) is -3.83. The highest BCUT2D eigenvalue weighted by atomic mass is 32.2. The number of nitrogens with one attached hydrogen (secondary N) is 2. The van der Waals surface area contributed by atoms with Crippen LogP contribution in [0, 0.1) is 0 Å². The summed E-state index contributed by atoms with van der Waals surface area (Å²) in [6.07, 6.45) is 4.32. The van der Waals surface area contributed by atoms with Gasteiger partial charge in [-0.25, -0.2) is 8.42 Å². The monoisotopic (exact) mass is 425 g/mol. The summed E-state index contributed by atoms with van der Waals surface area (Å²) in [6, 6.07) is 12.4. The lowest BCUT2D eigenvalue weighted by Crippen LogP contribution is -2.40. The number of ketones is 1. The third-order valence-corrected chi connectivity index (χ3v) is 7.47. The van der Waals surface area contributed by atoms with Crippen LogP contribution >= 0.6 is 0 Å². The van der Waals surface area contributed by atoms with Crippen LogP contribution in [0.25, 0.3) is 0 Å². The zero-order valence-electron chi connectivity index (χ0n) is 17.3. The first-order chi connectivity index (χ1) is 14.3. The highest BCUT2D eigenvalue weighted by molar-refractivity contribution is 7.90. The number of nitrogen functional groups attached to an aromatic ring is 1. The molecule has 0 unspecified atom stereocenters. The van der Waals surface area contributed by atoms with Crippen molar-refractivity contribution in [3.63, 3.8) is 0 Å². The number of carbonyl (C=O) groups is 1. The second-order valence-electron chi connectivity index (χ2n) is 8.17. The number of sulfonamides is 1. The Morgan fingerprint density at radius 2 is 1.77 bits per heavy atom. The summed E-state index contributed by atoms with van der Waals surface area (Å²) >= 11 is 0. The summed E-state index contributed by atoms with van der Waals surface area (Å²) in [5.74, 6) is 0.126. The molecule has 1 heterocycles. The Kier molecular flexibility index (Phi) is 5.10. The third-order valence-electron chi connectivity index (χ3n) is 6.08. The van der Waals surface area contributed by atoms with Crippen LogP contribution < -0.4 is 15.8 Å². The molecule has 2 aliphatic rings. The lowest BCUT2D eigenvalue weighted by atomic mass is 9.63. The first-order valence-electron chi connectivity index (χ1n) is 10.4. The number of allylic oxidation sites excluding steroid dienone is 1. The molecule has 2 aromatic carbocycles. The van der Waals surface area contributed by atoms with Gasteiger partial charge in [0.1, 0.15) is 10.7 Å². The Labute approximate surface area is 177 Å². The topological polar surface area (TPSA) is 101 Å². The van der Waals surface area contributed by atoms with Gasteiger partial charge < -0.3 is 11.1 Å². The van der Waals surface area contributed by atoms with Crippen LogP contribution in [0.4, 0.5) is 11.4 Å². The van der Waals surface area contributed by atoms with Gasteiger partial charge in [-0.2, -0.15) is 0 Å². The number of carbonyl (C=O) groups excluding carboxylic acids is 1. The quantitative estimate of drug-likeness (QED) is 0.500. The van der Waals surface area contributed by atoms with Crippen LogP contribution in [-0.2, 0) is 15.4 Å². The van der Waals surface area contributed by atoms with Crippen LogP contribution in [0.5, 0.6) is 0 Å². The maximum atomic E-state index is 13.4. The van der Waals surface area contributed by atoms with Crippen molar-refractivity contribution in [2.45, 2.75) is 56.3 Å². The highest BCUT2D eigenvalue weighted by Gasteiger charge is 2.42. The summed E-state index contributed by atoms with van der Waals surface area (Å²) < 4.78 is 28.4. The van der Waals surface area contributed by atoms with Crippen molar-refractivity contribution in [3.8, 4) is 0 Å². The van der Waals surface area contributed by atoms with Gasteiger partial charge in [0, 0.05) is 22.2 Å². The molecule has 2 aromatic rings. The minimum Gasteiger partial charge on any atom is -0.399 e. The summed E-state index contributed by atoms with van der Waals surface area (Å²) in [6.45, 7) is 4.29. The van der Waals surface area contributed by atoms with E-state index in [0.717, 1.165) is 31.2 Å². The minimum atomic E-state index is -3.83. The average Bonchev–Trinajstić information content (AvgIpc) is 2.71. The number of fused-ring (bicyclic) bond motifs is 2. The average molecular weight is 426 g/mol. The zero-order valence-corrected chi connectivity index (χ0v) is 18.1. The Bertz CT molecular complexity index is 1150. The molecule has 30 heavy (non-hydrogen) atoms. The van der Waals surface area contributed by atoms with Gasteiger partial charge in [0.15, 0.2) is 5.78 Å². The van der Waals surface area contributed by atoms with E-state index >= 15 is 0 Å². The maximum absolute atomic E-state index is 13.4. The third kappa shape index (κ3) is 3.27. The molecule has 0 fully saturated rings. The number of hydrogen-bond acceptors (Lipinski definition) is 5. The summed E-state index contributed by atoms with van der Waals surface area (Å²) in [5.41, 5.74) is 8.60. The molecule has 0 amide bonds. The second-order valence-corrected chi connectivity index (χ2v) is 9.82. The van der Waals surface area contributed by atoms with Crippen molar-refractivity contribution in [1.29, 1.82) is 0 Å². The molecular weight excluding hydrogens is 398 g/mol. The fourth-order valence-electron chi connectivity index (χ4n) is 4.90. The van der Waals surface area contributed by atoms with Gasteiger partial charge >= 0.3 is 0 Å². The molecule has 1 aliphatic carbocycles. The fraction of sp³-hybridized carbons (Fsp3) is 0.348. The van der Waals surface area contributed by atoms with E-state index in [9.17, 15) is 13.2 Å². The molecule has 0 bridgehead atoms. The molecule has 0 radical (unpaired) electrons. The molecule has 0 saturated carbocycles. The highest BCUT2D eigenvalue weighted by Crippen LogP contribution is 2.47. The van der Waals surface area contributed by atoms with Gasteiger partial charge in [0.25, 0.3) is 10.0 Å². The normalized spacial score (nSPS) is 21.2. The smallest absolute Gasteiger partial charge is 0.265 e. The van der Waals surface area contributed by atoms with E-state index < -0.39 is 10.0 Å². The Morgan fingerprint density at radius 1 is 1.07 bits per heavy atom. The van der Waals surface area contributed by atoms with Crippen molar-refractivity contribution in [1.82, 2.24) is 4.72 Å². The van der Waals surface area contributed by atoms with E-state index in [1.807, 2.05) is 18.2 Å². The lowest BCUT2D eigenvalue weighted by molar-refractivity contribution is 0.100. The van der Waals surface area contributed by atoms with Gasteiger partial charge in [0.2, 0.25) is 0 Å². The molecular formula is C23H27N3O3S. The van der Waals surface area contributed by atoms with Gasteiger partial charge in [-0.15, -0.1) is 0 Å². The Balaban J connectivity index is 1.90. The summed E-state index contributed by atoms with van der Waals surface area (Å²) in [4.78, 5) is 13.5. The number of anilines is 2. The van der Waals surface area contributed by atoms with Crippen LogP contribution in [0.1, 0.15) is 61.9 Å². The van der Waals surface area contributed by atoms with Crippen LogP contribution in [-0.4, -0.2) is 14.2 Å². The molecule has 1 aliphatic heterocycles. The molecule has 7 heteroatoms. The van der Waals surface area contributed by atoms with Gasteiger partial charge in [-0.1, -0.05) is 51.0 Å². The number of rotatable bonds is 4. The van der Waals surface area contributed by atoms with Gasteiger partial charge in [-0.3, -0.25) is 9.52 Å². The van der Waals surface area contributed by atoms with E-state index in [1.54, 1.807) is 12.1 Å². The molecule has 0 spiro atoms. The van der Waals surface area contributed by atoms with E-state index in [1.165, 1.54) is 6.07 Å². The van der Waals surface area contributed by atoms with Crippen LogP contribution in [0.15, 0.2) is 58.8 Å². The molecule has 6 nitrogen and oxygen atoms in total. The molecule has 4 rings (SSSR count). The van der Waals surface area contributed by atoms with Crippen molar-refractivity contribution in [2.75, 3.05) is 11.1 Å². The van der Waals surface area contributed by atoms with E-state index in [0.29, 0.717) is 28.9 Å². The predicted octanol–water partition coefficient (Wildman–Crippen LogP) is 4.31. The SMILES string of the molecule is CCCC1(CCC)CC(=C2Nc3ccc(N)cc3S(=O)(=O)N2)C(=O)c2ccccc21. The van der Waals surface area contributed by atoms with Crippen molar-refractivity contribution in [2.24, 2.45) is 0 Å². The Morgan fingerprint density at radius 3 is 2.47 bits per heavy atom. The lowest BCUT2D eigenvalue weighted by Gasteiger charge is -2.41. The van der Waals surface area contributed by atoms with E-state index in [2.05, 4.69) is 30.0 Å². The number of nitrogens with two attached hydrogens (primary N) is 1. The number of benzene rings is 2. The molecule has 0 atom stereocenters. The number of hydrogen-bond donors (Lipinski definition) is 3. The predicted molar refractivity (Wildman–Crippen MR) is 119 cm³/mol. The molecule has 158 valence electrons. The zero-order chi connectivity index (χ0) is 21.5. The maximum Gasteiger partial charge on any atom is 0.265 e. The summed E-state index contributed by atoms with van der Waals surface area (Å²) in [5, 5.41) is 3.15. The first-order valence-corrected chi connectivity index (χ1v) is 11.9.